The second kappa shape index (κ2) is 9.18. The molecule has 1 atom stereocenters. The third-order valence-electron chi connectivity index (χ3n) is 5.71. The van der Waals surface area contributed by atoms with Gasteiger partial charge >= 0.3 is 0 Å². The van der Waals surface area contributed by atoms with E-state index in [1.807, 2.05) is 0 Å². The van der Waals surface area contributed by atoms with Crippen LogP contribution in [0, 0.1) is 0 Å². The summed E-state index contributed by atoms with van der Waals surface area (Å²) in [6, 6.07) is 22.0. The molecule has 0 aromatic heterocycles. The average molecular weight is 395 g/mol. The van der Waals surface area contributed by atoms with Crippen LogP contribution in [0.1, 0.15) is 27.2 Å². The van der Waals surface area contributed by atoms with Crippen LogP contribution in [0.3, 0.4) is 0 Å². The second-order valence-electron chi connectivity index (χ2n) is 8.58. The van der Waals surface area contributed by atoms with Crippen molar-refractivity contribution >= 4 is 18.7 Å². The molecule has 0 unspecified atom stereocenters. The first-order valence-electron chi connectivity index (χ1n) is 10.3. The van der Waals surface area contributed by atoms with Crippen LogP contribution >= 0.6 is 0 Å². The van der Waals surface area contributed by atoms with Gasteiger partial charge in [-0.3, -0.25) is 4.90 Å². The maximum Gasteiger partial charge on any atom is 0.261 e. The Morgan fingerprint density at radius 2 is 1.57 bits per heavy atom. The van der Waals surface area contributed by atoms with Gasteiger partial charge < -0.3 is 10.2 Å². The Hall–Kier alpha value is -1.72. The number of rotatable bonds is 7. The molecular formula is C24H34N2OSi. The molecule has 1 heterocycles. The molecule has 3 nitrogen and oxygen atoms in total. The Morgan fingerprint density at radius 3 is 2.07 bits per heavy atom. The normalized spacial score (nSPS) is 18.4. The molecule has 0 amide bonds. The summed E-state index contributed by atoms with van der Waals surface area (Å²) in [6.07, 6.45) is 5.68. The first kappa shape index (κ1) is 21.0. The van der Waals surface area contributed by atoms with Crippen molar-refractivity contribution in [3.8, 4) is 0 Å². The average Bonchev–Trinajstić information content (AvgIpc) is 2.70. The highest BCUT2D eigenvalue weighted by molar-refractivity contribution is 6.99. The summed E-state index contributed by atoms with van der Waals surface area (Å²) in [5, 5.41) is 2.67. The molecular weight excluding hydrogens is 360 g/mol. The lowest BCUT2D eigenvalue weighted by Gasteiger charge is -2.44. The van der Waals surface area contributed by atoms with Gasteiger partial charge in [-0.25, -0.2) is 0 Å². The first-order chi connectivity index (χ1) is 13.5. The van der Waals surface area contributed by atoms with Crippen LogP contribution in [0.4, 0.5) is 0 Å². The fourth-order valence-electron chi connectivity index (χ4n) is 4.36. The van der Waals surface area contributed by atoms with E-state index >= 15 is 0 Å². The summed E-state index contributed by atoms with van der Waals surface area (Å²) in [4.78, 5) is 2.46. The van der Waals surface area contributed by atoms with E-state index in [0.717, 1.165) is 19.5 Å². The van der Waals surface area contributed by atoms with Crippen LogP contribution < -0.4 is 16.1 Å². The molecule has 1 aliphatic heterocycles. The van der Waals surface area contributed by atoms with Crippen molar-refractivity contribution in [1.29, 1.82) is 0 Å². The van der Waals surface area contributed by atoms with Gasteiger partial charge in [-0.1, -0.05) is 93.6 Å². The van der Waals surface area contributed by atoms with Crippen LogP contribution in [0.2, 0.25) is 5.04 Å². The summed E-state index contributed by atoms with van der Waals surface area (Å²) in [5.41, 5.74) is 5.86. The van der Waals surface area contributed by atoms with E-state index in [-0.39, 0.29) is 5.04 Å². The van der Waals surface area contributed by atoms with Gasteiger partial charge in [0.05, 0.1) is 12.6 Å². The van der Waals surface area contributed by atoms with E-state index in [0.29, 0.717) is 19.2 Å². The van der Waals surface area contributed by atoms with Gasteiger partial charge in [0, 0.05) is 19.6 Å². The van der Waals surface area contributed by atoms with E-state index in [1.54, 1.807) is 0 Å². The number of nitrogens with two attached hydrogens (primary N) is 1. The van der Waals surface area contributed by atoms with Crippen molar-refractivity contribution in [3.05, 3.63) is 72.8 Å². The fraction of sp³-hybridized carbons (Fsp3) is 0.417. The van der Waals surface area contributed by atoms with E-state index < -0.39 is 8.32 Å². The SMILES string of the molecule is CC(C)(C)[Si](OC[C@@H]1C=CCCN1CCN)(c1ccccc1)c1ccccc1. The van der Waals surface area contributed by atoms with E-state index in [1.165, 1.54) is 10.4 Å². The van der Waals surface area contributed by atoms with E-state index in [2.05, 4.69) is 98.5 Å². The standard InChI is InChI=1S/C24H34N2OSi/c1-24(2,3)28(22-13-6-4-7-14-22,23-15-8-5-9-16-23)27-20-21-12-10-11-18-26(21)19-17-25/h4-10,12-16,21H,11,17-20,25H2,1-3H3/t21-/m0/s1. The topological polar surface area (TPSA) is 38.5 Å². The summed E-state index contributed by atoms with van der Waals surface area (Å²) >= 11 is 0. The molecule has 1 aliphatic rings. The van der Waals surface area contributed by atoms with Crippen LogP contribution in [0.5, 0.6) is 0 Å². The monoisotopic (exact) mass is 394 g/mol. The Kier molecular flexibility index (Phi) is 6.89. The van der Waals surface area contributed by atoms with Crippen LogP contribution in [0.15, 0.2) is 72.8 Å². The zero-order valence-corrected chi connectivity index (χ0v) is 18.5. The Morgan fingerprint density at radius 1 is 1.00 bits per heavy atom. The molecule has 0 bridgehead atoms. The van der Waals surface area contributed by atoms with Gasteiger partial charge in [-0.2, -0.15) is 0 Å². The zero-order chi connectivity index (χ0) is 20.0. The third-order valence-corrected chi connectivity index (χ3v) is 10.7. The Labute approximate surface area is 171 Å². The van der Waals surface area contributed by atoms with Gasteiger partial charge in [0.1, 0.15) is 0 Å². The lowest BCUT2D eigenvalue weighted by molar-refractivity contribution is 0.156. The van der Waals surface area contributed by atoms with Crippen molar-refractivity contribution in [2.75, 3.05) is 26.2 Å². The Bertz CT molecular complexity index is 716. The highest BCUT2D eigenvalue weighted by atomic mass is 28.4. The molecule has 2 aromatic rings. The lowest BCUT2D eigenvalue weighted by atomic mass is 10.1. The maximum atomic E-state index is 7.09. The number of benzene rings is 2. The molecule has 0 aliphatic carbocycles. The van der Waals surface area contributed by atoms with E-state index in [9.17, 15) is 0 Å². The maximum absolute atomic E-state index is 7.09. The molecule has 0 saturated heterocycles. The second-order valence-corrected chi connectivity index (χ2v) is 12.9. The molecule has 150 valence electrons. The van der Waals surface area contributed by atoms with Crippen molar-refractivity contribution in [2.24, 2.45) is 5.73 Å². The molecule has 0 radical (unpaired) electrons. The van der Waals surface area contributed by atoms with Gasteiger partial charge in [0.2, 0.25) is 0 Å². The summed E-state index contributed by atoms with van der Waals surface area (Å²) in [7, 11) is -2.48. The number of hydrogen-bond acceptors (Lipinski definition) is 3. The summed E-state index contributed by atoms with van der Waals surface area (Å²) < 4.78 is 7.09. The molecule has 3 rings (SSSR count). The van der Waals surface area contributed by atoms with Crippen molar-refractivity contribution in [1.82, 2.24) is 4.90 Å². The molecule has 0 fully saturated rings. The van der Waals surface area contributed by atoms with E-state index in [4.69, 9.17) is 10.2 Å². The highest BCUT2D eigenvalue weighted by Crippen LogP contribution is 2.37. The minimum absolute atomic E-state index is 0.00673. The van der Waals surface area contributed by atoms with Crippen molar-refractivity contribution in [2.45, 2.75) is 38.3 Å². The first-order valence-corrected chi connectivity index (χ1v) is 12.3. The van der Waals surface area contributed by atoms with Gasteiger partial charge in [0.15, 0.2) is 0 Å². The third kappa shape index (κ3) is 4.30. The molecule has 28 heavy (non-hydrogen) atoms. The molecule has 0 spiro atoms. The minimum atomic E-state index is -2.48. The fourth-order valence-corrected chi connectivity index (χ4v) is 8.93. The highest BCUT2D eigenvalue weighted by Gasteiger charge is 2.50. The Balaban J connectivity index is 2.01. The van der Waals surface area contributed by atoms with Crippen LogP contribution in [-0.2, 0) is 4.43 Å². The zero-order valence-electron chi connectivity index (χ0n) is 17.5. The molecule has 2 N–H and O–H groups in total. The van der Waals surface area contributed by atoms with Crippen molar-refractivity contribution in [3.63, 3.8) is 0 Å². The number of nitrogens with zero attached hydrogens (tertiary/aromatic N) is 1. The largest absolute Gasteiger partial charge is 0.405 e. The number of hydrogen-bond donors (Lipinski definition) is 1. The van der Waals surface area contributed by atoms with Crippen molar-refractivity contribution < 1.29 is 4.43 Å². The summed E-state index contributed by atoms with van der Waals surface area (Å²) in [5.74, 6) is 0. The lowest BCUT2D eigenvalue weighted by Crippen LogP contribution is -2.67. The predicted octanol–water partition coefficient (Wildman–Crippen LogP) is 3.15. The van der Waals surface area contributed by atoms with Crippen LogP contribution in [0.25, 0.3) is 0 Å². The molecule has 2 aromatic carbocycles. The minimum Gasteiger partial charge on any atom is -0.405 e. The molecule has 0 saturated carbocycles. The quantitative estimate of drug-likeness (QED) is 0.579. The van der Waals surface area contributed by atoms with Gasteiger partial charge in [0.25, 0.3) is 8.32 Å². The molecule has 4 heteroatoms. The van der Waals surface area contributed by atoms with Gasteiger partial charge in [-0.15, -0.1) is 0 Å². The predicted molar refractivity (Wildman–Crippen MR) is 122 cm³/mol. The smallest absolute Gasteiger partial charge is 0.261 e. The van der Waals surface area contributed by atoms with Gasteiger partial charge in [-0.05, 0) is 21.8 Å². The summed E-state index contributed by atoms with van der Waals surface area (Å²) in [6.45, 7) is 10.3. The van der Waals surface area contributed by atoms with Crippen LogP contribution in [-0.4, -0.2) is 45.5 Å².